The van der Waals surface area contributed by atoms with E-state index in [1.165, 1.54) is 5.56 Å². The van der Waals surface area contributed by atoms with Gasteiger partial charge in [-0.05, 0) is 25.7 Å². The van der Waals surface area contributed by atoms with Gasteiger partial charge in [-0.3, -0.25) is 0 Å². The van der Waals surface area contributed by atoms with Gasteiger partial charge in [0.1, 0.15) is 5.75 Å². The number of nitrogens with one attached hydrogen (secondary N) is 1. The van der Waals surface area contributed by atoms with Gasteiger partial charge in [0.2, 0.25) is 0 Å². The predicted octanol–water partition coefficient (Wildman–Crippen LogP) is 3.32. The third-order valence-electron chi connectivity index (χ3n) is 2.71. The molecule has 96 valence electrons. The van der Waals surface area contributed by atoms with Crippen molar-refractivity contribution in [2.75, 3.05) is 18.6 Å². The van der Waals surface area contributed by atoms with Crippen LogP contribution in [0.25, 0.3) is 0 Å². The van der Waals surface area contributed by atoms with E-state index < -0.39 is 0 Å². The molecule has 1 unspecified atom stereocenters. The summed E-state index contributed by atoms with van der Waals surface area (Å²) in [6.45, 7) is 5.85. The minimum absolute atomic E-state index is 0.583. The van der Waals surface area contributed by atoms with Gasteiger partial charge in [0, 0.05) is 23.9 Å². The lowest BCUT2D eigenvalue weighted by Gasteiger charge is -2.17. The summed E-state index contributed by atoms with van der Waals surface area (Å²) in [6.07, 6.45) is 3.32. The number of hydrogen-bond acceptors (Lipinski definition) is 3. The standard InChI is InChI=1S/C14H23NOS/c1-4-13(11-17-3)15-10-12-8-6-7-9-14(12)16-5-2/h6-9,13,15H,4-5,10-11H2,1-3H3. The van der Waals surface area contributed by atoms with Gasteiger partial charge in [-0.2, -0.15) is 11.8 Å². The van der Waals surface area contributed by atoms with Crippen LogP contribution in [0.15, 0.2) is 24.3 Å². The third-order valence-corrected chi connectivity index (χ3v) is 3.45. The molecule has 0 aliphatic carbocycles. The highest BCUT2D eigenvalue weighted by Gasteiger charge is 2.07. The minimum atomic E-state index is 0.583. The van der Waals surface area contributed by atoms with Crippen LogP contribution in [0.3, 0.4) is 0 Å². The van der Waals surface area contributed by atoms with Crippen LogP contribution in [-0.2, 0) is 6.54 Å². The first-order valence-electron chi connectivity index (χ1n) is 6.24. The third kappa shape index (κ3) is 5.00. The molecular formula is C14H23NOS. The Labute approximate surface area is 109 Å². The van der Waals surface area contributed by atoms with E-state index in [0.717, 1.165) is 31.1 Å². The van der Waals surface area contributed by atoms with Crippen molar-refractivity contribution < 1.29 is 4.74 Å². The van der Waals surface area contributed by atoms with Crippen molar-refractivity contribution in [2.24, 2.45) is 0 Å². The maximum absolute atomic E-state index is 5.62. The first-order chi connectivity index (χ1) is 8.31. The lowest BCUT2D eigenvalue weighted by atomic mass is 10.2. The Balaban J connectivity index is 2.55. The number of hydrogen-bond donors (Lipinski definition) is 1. The number of thioether (sulfide) groups is 1. The molecule has 0 heterocycles. The molecule has 0 saturated heterocycles. The van der Waals surface area contributed by atoms with E-state index in [-0.39, 0.29) is 0 Å². The van der Waals surface area contributed by atoms with Crippen molar-refractivity contribution in [3.8, 4) is 5.75 Å². The average Bonchev–Trinajstić information content (AvgIpc) is 2.36. The van der Waals surface area contributed by atoms with E-state index in [9.17, 15) is 0 Å². The highest BCUT2D eigenvalue weighted by molar-refractivity contribution is 7.98. The van der Waals surface area contributed by atoms with Crippen LogP contribution >= 0.6 is 11.8 Å². The Hall–Kier alpha value is -0.670. The van der Waals surface area contributed by atoms with Crippen molar-refractivity contribution in [3.63, 3.8) is 0 Å². The van der Waals surface area contributed by atoms with Gasteiger partial charge in [-0.25, -0.2) is 0 Å². The zero-order chi connectivity index (χ0) is 12.5. The molecule has 1 rings (SSSR count). The predicted molar refractivity (Wildman–Crippen MR) is 76.9 cm³/mol. The Morgan fingerprint density at radius 2 is 2.06 bits per heavy atom. The topological polar surface area (TPSA) is 21.3 Å². The van der Waals surface area contributed by atoms with Gasteiger partial charge in [-0.15, -0.1) is 0 Å². The molecule has 0 aliphatic rings. The first-order valence-corrected chi connectivity index (χ1v) is 7.64. The van der Waals surface area contributed by atoms with Gasteiger partial charge in [0.15, 0.2) is 0 Å². The highest BCUT2D eigenvalue weighted by atomic mass is 32.2. The quantitative estimate of drug-likeness (QED) is 0.768. The van der Waals surface area contributed by atoms with Gasteiger partial charge < -0.3 is 10.1 Å². The normalized spacial score (nSPS) is 12.4. The summed E-state index contributed by atoms with van der Waals surface area (Å²) in [4.78, 5) is 0. The van der Waals surface area contributed by atoms with Crippen molar-refractivity contribution >= 4 is 11.8 Å². The molecule has 3 heteroatoms. The van der Waals surface area contributed by atoms with Gasteiger partial charge in [0.25, 0.3) is 0 Å². The summed E-state index contributed by atoms with van der Waals surface area (Å²) < 4.78 is 5.62. The van der Waals surface area contributed by atoms with Crippen LogP contribution in [0.5, 0.6) is 5.75 Å². The number of rotatable bonds is 8. The van der Waals surface area contributed by atoms with Crippen LogP contribution in [-0.4, -0.2) is 24.7 Å². The average molecular weight is 253 g/mol. The maximum atomic E-state index is 5.62. The second kappa shape index (κ2) is 8.43. The highest BCUT2D eigenvalue weighted by Crippen LogP contribution is 2.18. The van der Waals surface area contributed by atoms with Crippen LogP contribution in [0.2, 0.25) is 0 Å². The van der Waals surface area contributed by atoms with Gasteiger partial charge >= 0.3 is 0 Å². The fourth-order valence-electron chi connectivity index (χ4n) is 1.72. The molecule has 2 nitrogen and oxygen atoms in total. The van der Waals surface area contributed by atoms with E-state index >= 15 is 0 Å². The smallest absolute Gasteiger partial charge is 0.123 e. The zero-order valence-electron chi connectivity index (χ0n) is 11.0. The summed E-state index contributed by atoms with van der Waals surface area (Å²) in [5, 5.41) is 3.58. The van der Waals surface area contributed by atoms with E-state index in [4.69, 9.17) is 4.74 Å². The summed E-state index contributed by atoms with van der Waals surface area (Å²) in [7, 11) is 0. The Bertz CT molecular complexity index is 317. The Morgan fingerprint density at radius 1 is 1.29 bits per heavy atom. The molecule has 0 fully saturated rings. The van der Waals surface area contributed by atoms with Crippen LogP contribution < -0.4 is 10.1 Å². The lowest BCUT2D eigenvalue weighted by Crippen LogP contribution is -2.30. The molecule has 0 aliphatic heterocycles. The molecule has 0 amide bonds. The molecule has 0 aromatic heterocycles. The Kier molecular flexibility index (Phi) is 7.13. The van der Waals surface area contributed by atoms with Gasteiger partial charge in [0.05, 0.1) is 6.61 Å². The molecule has 0 radical (unpaired) electrons. The fraction of sp³-hybridized carbons (Fsp3) is 0.571. The largest absolute Gasteiger partial charge is 0.494 e. The molecule has 0 saturated carbocycles. The van der Waals surface area contributed by atoms with Crippen molar-refractivity contribution in [2.45, 2.75) is 32.9 Å². The molecule has 17 heavy (non-hydrogen) atoms. The Morgan fingerprint density at radius 3 is 2.71 bits per heavy atom. The summed E-state index contributed by atoms with van der Waals surface area (Å²) in [5.74, 6) is 2.16. The second-order valence-electron chi connectivity index (χ2n) is 3.98. The van der Waals surface area contributed by atoms with E-state index in [1.807, 2.05) is 30.8 Å². The maximum Gasteiger partial charge on any atom is 0.123 e. The lowest BCUT2D eigenvalue weighted by molar-refractivity contribution is 0.334. The van der Waals surface area contributed by atoms with Crippen LogP contribution in [0.4, 0.5) is 0 Å². The van der Waals surface area contributed by atoms with E-state index in [2.05, 4.69) is 30.6 Å². The second-order valence-corrected chi connectivity index (χ2v) is 4.89. The summed E-state index contributed by atoms with van der Waals surface area (Å²) in [5.41, 5.74) is 1.24. The first kappa shape index (κ1) is 14.4. The number of benzene rings is 1. The number of para-hydroxylation sites is 1. The molecule has 1 atom stereocenters. The summed E-state index contributed by atoms with van der Waals surface area (Å²) >= 11 is 1.89. The van der Waals surface area contributed by atoms with Crippen molar-refractivity contribution in [1.82, 2.24) is 5.32 Å². The van der Waals surface area contributed by atoms with E-state index in [1.54, 1.807) is 0 Å². The van der Waals surface area contributed by atoms with Crippen molar-refractivity contribution in [3.05, 3.63) is 29.8 Å². The van der Waals surface area contributed by atoms with E-state index in [0.29, 0.717) is 6.04 Å². The molecule has 1 N–H and O–H groups in total. The fourth-order valence-corrected chi connectivity index (χ4v) is 2.48. The zero-order valence-corrected chi connectivity index (χ0v) is 11.8. The monoisotopic (exact) mass is 253 g/mol. The van der Waals surface area contributed by atoms with Crippen molar-refractivity contribution in [1.29, 1.82) is 0 Å². The molecule has 1 aromatic carbocycles. The van der Waals surface area contributed by atoms with Gasteiger partial charge in [-0.1, -0.05) is 25.1 Å². The summed E-state index contributed by atoms with van der Waals surface area (Å²) in [6, 6.07) is 8.84. The van der Waals surface area contributed by atoms with Crippen LogP contribution in [0, 0.1) is 0 Å². The molecule has 0 spiro atoms. The molecule has 0 bridgehead atoms. The molecule has 1 aromatic rings. The molecular weight excluding hydrogens is 230 g/mol. The van der Waals surface area contributed by atoms with Crippen LogP contribution in [0.1, 0.15) is 25.8 Å². The number of ether oxygens (including phenoxy) is 1. The minimum Gasteiger partial charge on any atom is -0.494 e. The SMILES string of the molecule is CCOc1ccccc1CNC(CC)CSC.